The molecule has 1 aromatic carbocycles. The van der Waals surface area contributed by atoms with Gasteiger partial charge in [0.1, 0.15) is 5.75 Å². The lowest BCUT2D eigenvalue weighted by molar-refractivity contribution is -0.132. The van der Waals surface area contributed by atoms with Crippen LogP contribution in [0.15, 0.2) is 30.3 Å². The van der Waals surface area contributed by atoms with E-state index < -0.39 is 0 Å². The fraction of sp³-hybridized carbons (Fsp3) is 0.632. The molecule has 0 aliphatic carbocycles. The number of hydrogen-bond donors (Lipinski definition) is 2. The number of carbonyl (C=O) groups excluding carboxylic acids is 1. The van der Waals surface area contributed by atoms with Crippen LogP contribution in [0.1, 0.15) is 12.8 Å². The van der Waals surface area contributed by atoms with Gasteiger partial charge in [0.25, 0.3) is 5.91 Å². The van der Waals surface area contributed by atoms with Gasteiger partial charge >= 0.3 is 0 Å². The summed E-state index contributed by atoms with van der Waals surface area (Å²) in [5.74, 6) is 1.06. The number of benzene rings is 1. The lowest BCUT2D eigenvalue weighted by Gasteiger charge is -2.32. The van der Waals surface area contributed by atoms with Crippen LogP contribution < -0.4 is 4.74 Å². The number of likely N-dealkylation sites (tertiary alicyclic amines) is 2. The zero-order valence-electron chi connectivity index (χ0n) is 14.6. The minimum atomic E-state index is -0.179. The summed E-state index contributed by atoms with van der Waals surface area (Å²) in [4.78, 5) is 16.6. The molecule has 0 radical (unpaired) electrons. The lowest BCUT2D eigenvalue weighted by atomic mass is 9.95. The Balaban J connectivity index is 1.49. The van der Waals surface area contributed by atoms with E-state index in [0.29, 0.717) is 18.8 Å². The van der Waals surface area contributed by atoms with Gasteiger partial charge in [0.05, 0.1) is 6.10 Å². The first-order chi connectivity index (χ1) is 12.2. The molecular formula is C19H28N2O4. The van der Waals surface area contributed by atoms with Crippen LogP contribution in [0.3, 0.4) is 0 Å². The van der Waals surface area contributed by atoms with Crippen LogP contribution in [0.25, 0.3) is 0 Å². The van der Waals surface area contributed by atoms with Crippen LogP contribution in [-0.4, -0.2) is 78.0 Å². The highest BCUT2D eigenvalue weighted by atomic mass is 16.5. The number of ether oxygens (including phenoxy) is 1. The topological polar surface area (TPSA) is 73.2 Å². The quantitative estimate of drug-likeness (QED) is 0.787. The summed E-state index contributed by atoms with van der Waals surface area (Å²) in [6, 6.07) is 9.33. The van der Waals surface area contributed by atoms with Crippen LogP contribution in [-0.2, 0) is 4.79 Å². The highest BCUT2D eigenvalue weighted by molar-refractivity contribution is 5.78. The maximum absolute atomic E-state index is 12.4. The van der Waals surface area contributed by atoms with Crippen LogP contribution in [0, 0.1) is 11.8 Å². The fourth-order valence-electron chi connectivity index (χ4n) is 3.74. The van der Waals surface area contributed by atoms with Crippen LogP contribution in [0.2, 0.25) is 0 Å². The van der Waals surface area contributed by atoms with Crippen molar-refractivity contribution < 1.29 is 19.7 Å². The van der Waals surface area contributed by atoms with Gasteiger partial charge in [-0.05, 0) is 30.9 Å². The Morgan fingerprint density at radius 1 is 1.12 bits per heavy atom. The summed E-state index contributed by atoms with van der Waals surface area (Å²) in [5, 5.41) is 19.3. The van der Waals surface area contributed by atoms with Crippen molar-refractivity contribution in [2.75, 3.05) is 45.9 Å². The van der Waals surface area contributed by atoms with E-state index in [-0.39, 0.29) is 37.1 Å². The number of piperidine rings is 1. The number of aliphatic hydroxyl groups is 2. The summed E-state index contributed by atoms with van der Waals surface area (Å²) < 4.78 is 5.55. The smallest absolute Gasteiger partial charge is 0.260 e. The van der Waals surface area contributed by atoms with E-state index >= 15 is 0 Å². The molecule has 25 heavy (non-hydrogen) atoms. The Morgan fingerprint density at radius 2 is 1.80 bits per heavy atom. The average molecular weight is 348 g/mol. The normalized spacial score (nSPS) is 25.3. The molecule has 2 aliphatic rings. The highest BCUT2D eigenvalue weighted by Gasteiger charge is 2.36. The van der Waals surface area contributed by atoms with Gasteiger partial charge in [-0.3, -0.25) is 4.79 Å². The summed E-state index contributed by atoms with van der Waals surface area (Å²) in [6.07, 6.45) is 1.44. The molecule has 6 heteroatoms. The Labute approximate surface area is 149 Å². The van der Waals surface area contributed by atoms with Gasteiger partial charge < -0.3 is 24.7 Å². The third-order valence-electron chi connectivity index (χ3n) is 5.32. The van der Waals surface area contributed by atoms with Crippen LogP contribution in [0.5, 0.6) is 5.75 Å². The van der Waals surface area contributed by atoms with Crippen molar-refractivity contribution in [3.05, 3.63) is 30.3 Å². The molecule has 2 atom stereocenters. The summed E-state index contributed by atoms with van der Waals surface area (Å²) in [7, 11) is 0. The van der Waals surface area contributed by atoms with Gasteiger partial charge in [0.15, 0.2) is 6.61 Å². The predicted octanol–water partition coefficient (Wildman–Crippen LogP) is 0.589. The van der Waals surface area contributed by atoms with Crippen molar-refractivity contribution >= 4 is 5.91 Å². The molecular weight excluding hydrogens is 320 g/mol. The molecule has 1 amide bonds. The standard InChI is InChI=1S/C19H28N2O4/c22-13-16-12-21(19(24)14-25-18-4-2-1-3-5-18)11-15(16)10-20-8-6-17(23)7-9-20/h1-5,15-17,22-23H,6-14H2/t15-,16-/m1/s1. The number of carbonyl (C=O) groups is 1. The third kappa shape index (κ3) is 4.93. The fourth-order valence-corrected chi connectivity index (χ4v) is 3.74. The van der Waals surface area contributed by atoms with Crippen LogP contribution in [0.4, 0.5) is 0 Å². The number of rotatable bonds is 6. The molecule has 138 valence electrons. The first-order valence-corrected chi connectivity index (χ1v) is 9.12. The number of aliphatic hydroxyl groups excluding tert-OH is 2. The van der Waals surface area contributed by atoms with E-state index in [2.05, 4.69) is 4.90 Å². The monoisotopic (exact) mass is 348 g/mol. The molecule has 3 rings (SSSR count). The number of para-hydroxylation sites is 1. The van der Waals surface area contributed by atoms with Crippen molar-refractivity contribution in [1.82, 2.24) is 9.80 Å². The number of hydrogen-bond acceptors (Lipinski definition) is 5. The molecule has 2 fully saturated rings. The SMILES string of the molecule is O=C(COc1ccccc1)N1C[C@@H](CN2CCC(O)CC2)[C@@H](CO)C1. The zero-order chi connectivity index (χ0) is 17.6. The van der Waals surface area contributed by atoms with Crippen molar-refractivity contribution in [1.29, 1.82) is 0 Å². The highest BCUT2D eigenvalue weighted by Crippen LogP contribution is 2.25. The average Bonchev–Trinajstić information content (AvgIpc) is 3.05. The lowest BCUT2D eigenvalue weighted by Crippen LogP contribution is -2.41. The molecule has 2 saturated heterocycles. The molecule has 2 N–H and O–H groups in total. The van der Waals surface area contributed by atoms with E-state index in [1.807, 2.05) is 35.2 Å². The Morgan fingerprint density at radius 3 is 2.48 bits per heavy atom. The van der Waals surface area contributed by atoms with E-state index in [9.17, 15) is 15.0 Å². The molecule has 0 aromatic heterocycles. The Bertz CT molecular complexity index is 546. The van der Waals surface area contributed by atoms with Gasteiger partial charge in [-0.25, -0.2) is 0 Å². The second-order valence-corrected chi connectivity index (χ2v) is 7.13. The maximum Gasteiger partial charge on any atom is 0.260 e. The van der Waals surface area contributed by atoms with Gasteiger partial charge in [0.2, 0.25) is 0 Å². The maximum atomic E-state index is 12.4. The van der Waals surface area contributed by atoms with E-state index in [1.54, 1.807) is 0 Å². The van der Waals surface area contributed by atoms with Crippen molar-refractivity contribution in [2.45, 2.75) is 18.9 Å². The molecule has 2 aliphatic heterocycles. The van der Waals surface area contributed by atoms with E-state index in [1.165, 1.54) is 0 Å². The molecule has 2 heterocycles. The van der Waals surface area contributed by atoms with Gasteiger partial charge in [-0.2, -0.15) is 0 Å². The van der Waals surface area contributed by atoms with Gasteiger partial charge in [-0.1, -0.05) is 18.2 Å². The third-order valence-corrected chi connectivity index (χ3v) is 5.32. The van der Waals surface area contributed by atoms with E-state index in [0.717, 1.165) is 32.5 Å². The van der Waals surface area contributed by atoms with E-state index in [4.69, 9.17) is 4.74 Å². The summed E-state index contributed by atoms with van der Waals surface area (Å²) in [6.45, 7) is 4.05. The first-order valence-electron chi connectivity index (χ1n) is 9.12. The van der Waals surface area contributed by atoms with Crippen molar-refractivity contribution in [3.8, 4) is 5.75 Å². The molecule has 0 unspecified atom stereocenters. The second kappa shape index (κ2) is 8.65. The Hall–Kier alpha value is -1.63. The number of nitrogens with zero attached hydrogens (tertiary/aromatic N) is 2. The molecule has 0 bridgehead atoms. The van der Waals surface area contributed by atoms with Crippen molar-refractivity contribution in [3.63, 3.8) is 0 Å². The van der Waals surface area contributed by atoms with Gasteiger partial charge in [0, 0.05) is 45.2 Å². The zero-order valence-corrected chi connectivity index (χ0v) is 14.6. The first kappa shape index (κ1) is 18.2. The minimum absolute atomic E-state index is 0.0288. The van der Waals surface area contributed by atoms with Crippen LogP contribution >= 0.6 is 0 Å². The second-order valence-electron chi connectivity index (χ2n) is 7.13. The predicted molar refractivity (Wildman–Crippen MR) is 94.3 cm³/mol. The molecule has 1 aromatic rings. The van der Waals surface area contributed by atoms with Crippen molar-refractivity contribution in [2.24, 2.45) is 11.8 Å². The summed E-state index contributed by atoms with van der Waals surface area (Å²) >= 11 is 0. The largest absolute Gasteiger partial charge is 0.484 e. The minimum Gasteiger partial charge on any atom is -0.484 e. The molecule has 6 nitrogen and oxygen atoms in total. The molecule has 0 saturated carbocycles. The number of amides is 1. The summed E-state index contributed by atoms with van der Waals surface area (Å²) in [5.41, 5.74) is 0. The Kier molecular flexibility index (Phi) is 6.29. The molecule has 0 spiro atoms. The van der Waals surface area contributed by atoms with Gasteiger partial charge in [-0.15, -0.1) is 0 Å².